The van der Waals surface area contributed by atoms with Gasteiger partial charge in [0.2, 0.25) is 5.91 Å². The average Bonchev–Trinajstić information content (AvgIpc) is 3.46. The number of hydrogen-bond donors (Lipinski definition) is 2. The van der Waals surface area contributed by atoms with Gasteiger partial charge in [-0.1, -0.05) is 59.8 Å². The summed E-state index contributed by atoms with van der Waals surface area (Å²) in [5, 5.41) is 15.6. The molecule has 0 aliphatic carbocycles. The number of rotatable bonds is 9. The molecular formula is C26H28N6O2S2. The Balaban J connectivity index is 1.37. The molecule has 0 spiro atoms. The Morgan fingerprint density at radius 2 is 1.78 bits per heavy atom. The molecule has 36 heavy (non-hydrogen) atoms. The summed E-state index contributed by atoms with van der Waals surface area (Å²) in [6.07, 6.45) is 0. The lowest BCUT2D eigenvalue weighted by Crippen LogP contribution is -2.28. The maximum absolute atomic E-state index is 12.6. The molecule has 1 atom stereocenters. The second kappa shape index (κ2) is 11.5. The summed E-state index contributed by atoms with van der Waals surface area (Å²) in [4.78, 5) is 30.9. The van der Waals surface area contributed by atoms with E-state index in [-0.39, 0.29) is 23.6 Å². The number of carbonyl (C=O) groups excluding carboxylic acids is 2. The van der Waals surface area contributed by atoms with Crippen LogP contribution < -0.4 is 10.6 Å². The SMILES string of the molecule is CCn1c(SCC(=O)Nc2nc(-c3ccccc3)c(C)s2)nnc1[C@@H](C)NC(=O)c1ccc(C)cc1. The fraction of sp³-hybridized carbons (Fsp3) is 0.269. The molecule has 0 aliphatic rings. The van der Waals surface area contributed by atoms with Crippen LogP contribution in [0.15, 0.2) is 59.8 Å². The van der Waals surface area contributed by atoms with E-state index >= 15 is 0 Å². The molecular weight excluding hydrogens is 492 g/mol. The number of benzene rings is 2. The third-order valence-corrected chi connectivity index (χ3v) is 7.39. The first kappa shape index (κ1) is 25.6. The Morgan fingerprint density at radius 1 is 1.06 bits per heavy atom. The van der Waals surface area contributed by atoms with Gasteiger partial charge in [0.1, 0.15) is 0 Å². The first-order valence-corrected chi connectivity index (χ1v) is 13.4. The number of thioether (sulfide) groups is 1. The smallest absolute Gasteiger partial charge is 0.251 e. The predicted molar refractivity (Wildman–Crippen MR) is 144 cm³/mol. The second-order valence-electron chi connectivity index (χ2n) is 8.27. The van der Waals surface area contributed by atoms with Crippen LogP contribution in [0.25, 0.3) is 11.3 Å². The highest BCUT2D eigenvalue weighted by atomic mass is 32.2. The zero-order chi connectivity index (χ0) is 25.7. The lowest BCUT2D eigenvalue weighted by atomic mass is 10.1. The van der Waals surface area contributed by atoms with Crippen LogP contribution in [0.3, 0.4) is 0 Å². The molecule has 0 fully saturated rings. The summed E-state index contributed by atoms with van der Waals surface area (Å²) in [7, 11) is 0. The quantitative estimate of drug-likeness (QED) is 0.292. The zero-order valence-corrected chi connectivity index (χ0v) is 22.2. The highest BCUT2D eigenvalue weighted by Gasteiger charge is 2.20. The minimum atomic E-state index is -0.343. The van der Waals surface area contributed by atoms with Gasteiger partial charge in [-0.25, -0.2) is 4.98 Å². The van der Waals surface area contributed by atoms with Crippen molar-refractivity contribution >= 4 is 40.0 Å². The van der Waals surface area contributed by atoms with Crippen molar-refractivity contribution < 1.29 is 9.59 Å². The normalized spacial score (nSPS) is 11.8. The van der Waals surface area contributed by atoms with Crippen LogP contribution in [0, 0.1) is 13.8 Å². The fourth-order valence-corrected chi connectivity index (χ4v) is 5.33. The molecule has 186 valence electrons. The van der Waals surface area contributed by atoms with Crippen LogP contribution >= 0.6 is 23.1 Å². The van der Waals surface area contributed by atoms with E-state index in [1.54, 1.807) is 12.1 Å². The maximum atomic E-state index is 12.6. The molecule has 0 unspecified atom stereocenters. The third-order valence-electron chi connectivity index (χ3n) is 5.53. The molecule has 8 nitrogen and oxygen atoms in total. The molecule has 2 heterocycles. The average molecular weight is 521 g/mol. The molecule has 0 bridgehead atoms. The summed E-state index contributed by atoms with van der Waals surface area (Å²) >= 11 is 2.76. The summed E-state index contributed by atoms with van der Waals surface area (Å²) in [5.41, 5.74) is 3.58. The molecule has 0 saturated carbocycles. The Hall–Kier alpha value is -3.50. The Labute approximate surface area is 218 Å². The van der Waals surface area contributed by atoms with Gasteiger partial charge in [0.05, 0.1) is 17.5 Å². The molecule has 4 rings (SSSR count). The van der Waals surface area contributed by atoms with Gasteiger partial charge in [0.15, 0.2) is 16.1 Å². The van der Waals surface area contributed by atoms with Gasteiger partial charge in [-0.05, 0) is 39.8 Å². The van der Waals surface area contributed by atoms with Crippen molar-refractivity contribution in [1.29, 1.82) is 0 Å². The predicted octanol–water partition coefficient (Wildman–Crippen LogP) is 5.26. The van der Waals surface area contributed by atoms with Gasteiger partial charge in [0, 0.05) is 22.5 Å². The van der Waals surface area contributed by atoms with E-state index in [4.69, 9.17) is 0 Å². The van der Waals surface area contributed by atoms with Gasteiger partial charge in [-0.2, -0.15) is 0 Å². The number of nitrogens with one attached hydrogen (secondary N) is 2. The largest absolute Gasteiger partial charge is 0.342 e. The number of anilines is 1. The summed E-state index contributed by atoms with van der Waals surface area (Å²) in [5.74, 6) is 0.474. The minimum Gasteiger partial charge on any atom is -0.342 e. The summed E-state index contributed by atoms with van der Waals surface area (Å²) in [6.45, 7) is 8.44. The third kappa shape index (κ3) is 6.00. The Bertz CT molecular complexity index is 1350. The highest BCUT2D eigenvalue weighted by molar-refractivity contribution is 7.99. The van der Waals surface area contributed by atoms with Crippen LogP contribution in [0.2, 0.25) is 0 Å². The van der Waals surface area contributed by atoms with E-state index in [2.05, 4.69) is 25.8 Å². The van der Waals surface area contributed by atoms with E-state index in [1.807, 2.05) is 74.7 Å². The van der Waals surface area contributed by atoms with E-state index in [0.29, 0.717) is 28.2 Å². The second-order valence-corrected chi connectivity index (χ2v) is 10.4. The lowest BCUT2D eigenvalue weighted by Gasteiger charge is -2.15. The van der Waals surface area contributed by atoms with E-state index < -0.39 is 0 Å². The summed E-state index contributed by atoms with van der Waals surface area (Å²) < 4.78 is 1.92. The van der Waals surface area contributed by atoms with Gasteiger partial charge in [-0.15, -0.1) is 21.5 Å². The van der Waals surface area contributed by atoms with Crippen LogP contribution in [0.4, 0.5) is 5.13 Å². The fourth-order valence-electron chi connectivity index (χ4n) is 3.67. The van der Waals surface area contributed by atoms with Crippen LogP contribution in [0.1, 0.15) is 46.5 Å². The van der Waals surface area contributed by atoms with Crippen molar-refractivity contribution in [3.05, 3.63) is 76.4 Å². The van der Waals surface area contributed by atoms with E-state index in [9.17, 15) is 9.59 Å². The van der Waals surface area contributed by atoms with Crippen molar-refractivity contribution in [2.75, 3.05) is 11.1 Å². The monoisotopic (exact) mass is 520 g/mol. The Morgan fingerprint density at radius 3 is 2.47 bits per heavy atom. The summed E-state index contributed by atoms with van der Waals surface area (Å²) in [6, 6.07) is 17.0. The molecule has 2 aromatic carbocycles. The Kier molecular flexibility index (Phi) is 8.17. The number of hydrogen-bond acceptors (Lipinski definition) is 7. The number of amides is 2. The minimum absolute atomic E-state index is 0.165. The molecule has 2 aromatic heterocycles. The topological polar surface area (TPSA) is 102 Å². The number of aromatic nitrogens is 4. The molecule has 2 amide bonds. The molecule has 2 N–H and O–H groups in total. The number of carbonyl (C=O) groups is 2. The maximum Gasteiger partial charge on any atom is 0.251 e. The first-order valence-electron chi connectivity index (χ1n) is 11.6. The van der Waals surface area contributed by atoms with Crippen LogP contribution in [0.5, 0.6) is 0 Å². The van der Waals surface area contributed by atoms with Gasteiger partial charge < -0.3 is 15.2 Å². The zero-order valence-electron chi connectivity index (χ0n) is 20.6. The van der Waals surface area contributed by atoms with Gasteiger partial charge in [-0.3, -0.25) is 9.59 Å². The molecule has 0 saturated heterocycles. The lowest BCUT2D eigenvalue weighted by molar-refractivity contribution is -0.113. The van der Waals surface area contributed by atoms with Crippen LogP contribution in [-0.2, 0) is 11.3 Å². The van der Waals surface area contributed by atoms with Crippen molar-refractivity contribution in [1.82, 2.24) is 25.1 Å². The number of aryl methyl sites for hydroxylation is 2. The number of thiazole rings is 1. The van der Waals surface area contributed by atoms with E-state index in [0.717, 1.165) is 21.7 Å². The van der Waals surface area contributed by atoms with Crippen molar-refractivity contribution in [2.45, 2.75) is 45.4 Å². The van der Waals surface area contributed by atoms with Crippen molar-refractivity contribution in [2.24, 2.45) is 0 Å². The van der Waals surface area contributed by atoms with Gasteiger partial charge >= 0.3 is 0 Å². The molecule has 0 radical (unpaired) electrons. The molecule has 4 aromatic rings. The highest BCUT2D eigenvalue weighted by Crippen LogP contribution is 2.30. The molecule has 10 heteroatoms. The van der Waals surface area contributed by atoms with Gasteiger partial charge in [0.25, 0.3) is 5.91 Å². The standard InChI is InChI=1S/C26H28N6O2S2/c1-5-32-23(17(3)27-24(34)20-13-11-16(2)12-14-20)30-31-26(32)35-15-21(33)28-25-29-22(18(4)36-25)19-9-7-6-8-10-19/h6-14,17H,5,15H2,1-4H3,(H,27,34)(H,28,29,33)/t17-/m1/s1. The number of nitrogens with zero attached hydrogens (tertiary/aromatic N) is 4. The van der Waals surface area contributed by atoms with Crippen molar-refractivity contribution in [3.63, 3.8) is 0 Å². The molecule has 0 aliphatic heterocycles. The first-order chi connectivity index (χ1) is 17.4. The van der Waals surface area contributed by atoms with Crippen LogP contribution in [-0.4, -0.2) is 37.3 Å². The van der Waals surface area contributed by atoms with E-state index in [1.165, 1.54) is 23.1 Å². The van der Waals surface area contributed by atoms with Crippen molar-refractivity contribution in [3.8, 4) is 11.3 Å².